The third kappa shape index (κ3) is 2.95. The van der Waals surface area contributed by atoms with Crippen molar-refractivity contribution in [2.75, 3.05) is 13.1 Å². The minimum atomic E-state index is -0.00519. The topological polar surface area (TPSA) is 39.3 Å². The third-order valence-corrected chi connectivity index (χ3v) is 3.95. The fraction of sp³-hybridized carbons (Fsp3) is 0.294. The van der Waals surface area contributed by atoms with Gasteiger partial charge in [0.05, 0.1) is 30.2 Å². The summed E-state index contributed by atoms with van der Waals surface area (Å²) >= 11 is 0. The van der Waals surface area contributed by atoms with Crippen LogP contribution in [0.15, 0.2) is 47.4 Å². The Morgan fingerprint density at radius 3 is 2.76 bits per heavy atom. The van der Waals surface area contributed by atoms with E-state index in [0.717, 1.165) is 5.52 Å². The van der Waals surface area contributed by atoms with Crippen molar-refractivity contribution in [3.05, 3.63) is 58.8 Å². The molecule has 4 nitrogen and oxygen atoms in total. The fourth-order valence-corrected chi connectivity index (χ4v) is 2.71. The molecule has 1 aromatic carbocycles. The van der Waals surface area contributed by atoms with Crippen molar-refractivity contribution in [3.8, 4) is 0 Å². The molecule has 0 spiro atoms. The molecule has 0 bridgehead atoms. The lowest BCUT2D eigenvalue weighted by Gasteiger charge is -2.05. The molecule has 1 fully saturated rings. The normalized spacial score (nSPS) is 16.6. The lowest BCUT2D eigenvalue weighted by atomic mass is 10.2. The van der Waals surface area contributed by atoms with Gasteiger partial charge in [0.25, 0.3) is 5.56 Å². The molecule has 0 amide bonds. The average Bonchev–Trinajstić information content (AvgIpc) is 3.02. The Kier molecular flexibility index (Phi) is 3.97. The van der Waals surface area contributed by atoms with Crippen LogP contribution in [-0.4, -0.2) is 22.6 Å². The number of aromatic nitrogens is 2. The summed E-state index contributed by atoms with van der Waals surface area (Å²) in [6.45, 7) is 2.44. The van der Waals surface area contributed by atoms with Crippen LogP contribution >= 0.6 is 0 Å². The largest absolute Gasteiger partial charge is 0.309 e. The van der Waals surface area contributed by atoms with Gasteiger partial charge < -0.3 is 4.90 Å². The van der Waals surface area contributed by atoms with Crippen molar-refractivity contribution < 1.29 is 4.90 Å². The molecular formula is C17H20N3O+. The summed E-state index contributed by atoms with van der Waals surface area (Å²) in [5, 5.41) is 0.661. The summed E-state index contributed by atoms with van der Waals surface area (Å²) in [5.74, 6) is 0.680. The van der Waals surface area contributed by atoms with Crippen LogP contribution in [0.2, 0.25) is 0 Å². The average molecular weight is 282 g/mol. The highest BCUT2D eigenvalue weighted by molar-refractivity contribution is 5.78. The highest BCUT2D eigenvalue weighted by Gasteiger charge is 2.11. The standard InChI is InChI=1S/C17H19N3O/c1-19-16(10-4-5-11-20-12-6-7-13-20)18-15-9-3-2-8-14(15)17(19)21/h2-5,8-11H,6-7,12-13H2,1H3/p+1/b10-4+,11-5+. The number of allylic oxidation sites excluding steroid dienone is 2. The Bertz CT molecular complexity index is 752. The lowest BCUT2D eigenvalue weighted by molar-refractivity contribution is -0.832. The summed E-state index contributed by atoms with van der Waals surface area (Å²) in [6, 6.07) is 7.45. The minimum absolute atomic E-state index is 0.00519. The fourth-order valence-electron chi connectivity index (χ4n) is 2.71. The summed E-state index contributed by atoms with van der Waals surface area (Å²) in [7, 11) is 1.76. The van der Waals surface area contributed by atoms with Crippen molar-refractivity contribution in [1.82, 2.24) is 9.55 Å². The number of hydrogen-bond donors (Lipinski definition) is 1. The van der Waals surface area contributed by atoms with Crippen LogP contribution < -0.4 is 10.5 Å². The maximum Gasteiger partial charge on any atom is 0.261 e. The van der Waals surface area contributed by atoms with Gasteiger partial charge in [-0.3, -0.25) is 9.36 Å². The van der Waals surface area contributed by atoms with Crippen molar-refractivity contribution in [1.29, 1.82) is 0 Å². The van der Waals surface area contributed by atoms with E-state index in [0.29, 0.717) is 11.2 Å². The SMILES string of the molecule is Cn1c(/C=C/C=C/[NH+]2CCCC2)nc2ccccc2c1=O. The first-order valence-electron chi connectivity index (χ1n) is 7.41. The molecule has 1 N–H and O–H groups in total. The molecule has 1 aromatic heterocycles. The predicted octanol–water partition coefficient (Wildman–Crippen LogP) is 1.14. The number of benzene rings is 1. The molecule has 108 valence electrons. The minimum Gasteiger partial charge on any atom is -0.309 e. The zero-order valence-corrected chi connectivity index (χ0v) is 12.2. The molecule has 0 atom stereocenters. The van der Waals surface area contributed by atoms with E-state index in [9.17, 15) is 4.79 Å². The lowest BCUT2D eigenvalue weighted by Crippen LogP contribution is -3.05. The highest BCUT2D eigenvalue weighted by Crippen LogP contribution is 2.07. The van der Waals surface area contributed by atoms with Gasteiger partial charge in [-0.2, -0.15) is 0 Å². The number of nitrogens with zero attached hydrogens (tertiary/aromatic N) is 2. The first-order valence-corrected chi connectivity index (χ1v) is 7.41. The molecule has 1 aliphatic rings. The number of hydrogen-bond acceptors (Lipinski definition) is 2. The van der Waals surface area contributed by atoms with Gasteiger partial charge >= 0.3 is 0 Å². The van der Waals surface area contributed by atoms with Crippen LogP contribution in [0.5, 0.6) is 0 Å². The van der Waals surface area contributed by atoms with Crippen molar-refractivity contribution >= 4 is 17.0 Å². The Labute approximate surface area is 124 Å². The molecule has 4 heteroatoms. The number of fused-ring (bicyclic) bond motifs is 1. The quantitative estimate of drug-likeness (QED) is 0.858. The number of quaternary nitrogens is 1. The number of rotatable bonds is 3. The molecule has 0 saturated carbocycles. The highest BCUT2D eigenvalue weighted by atomic mass is 16.1. The van der Waals surface area contributed by atoms with Crippen LogP contribution in [0, 0.1) is 0 Å². The van der Waals surface area contributed by atoms with Gasteiger partial charge in [0.2, 0.25) is 0 Å². The molecule has 21 heavy (non-hydrogen) atoms. The van der Waals surface area contributed by atoms with Crippen LogP contribution in [0.25, 0.3) is 17.0 Å². The summed E-state index contributed by atoms with van der Waals surface area (Å²) < 4.78 is 1.59. The van der Waals surface area contributed by atoms with Crippen LogP contribution in [0.1, 0.15) is 18.7 Å². The van der Waals surface area contributed by atoms with E-state index in [1.54, 1.807) is 11.6 Å². The molecule has 0 radical (unpaired) electrons. The maximum atomic E-state index is 12.3. The van der Waals surface area contributed by atoms with Crippen molar-refractivity contribution in [3.63, 3.8) is 0 Å². The van der Waals surface area contributed by atoms with Gasteiger partial charge in [-0.05, 0) is 24.3 Å². The van der Waals surface area contributed by atoms with E-state index < -0.39 is 0 Å². The molecule has 0 aliphatic carbocycles. The van der Waals surface area contributed by atoms with Crippen molar-refractivity contribution in [2.45, 2.75) is 12.8 Å². The Morgan fingerprint density at radius 2 is 1.95 bits per heavy atom. The second-order valence-electron chi connectivity index (χ2n) is 5.43. The second kappa shape index (κ2) is 6.06. The van der Waals surface area contributed by atoms with Gasteiger partial charge in [-0.15, -0.1) is 0 Å². The van der Waals surface area contributed by atoms with E-state index in [1.807, 2.05) is 42.5 Å². The number of para-hydroxylation sites is 1. The van der Waals surface area contributed by atoms with Crippen LogP contribution in [0.4, 0.5) is 0 Å². The smallest absolute Gasteiger partial charge is 0.261 e. The Balaban J connectivity index is 1.86. The number of likely N-dealkylation sites (tertiary alicyclic amines) is 1. The van der Waals surface area contributed by atoms with E-state index >= 15 is 0 Å². The summed E-state index contributed by atoms with van der Waals surface area (Å²) in [5.41, 5.74) is 0.740. The van der Waals surface area contributed by atoms with Crippen molar-refractivity contribution in [2.24, 2.45) is 7.05 Å². The monoisotopic (exact) mass is 282 g/mol. The zero-order chi connectivity index (χ0) is 14.7. The van der Waals surface area contributed by atoms with Gasteiger partial charge in [-0.1, -0.05) is 18.2 Å². The summed E-state index contributed by atoms with van der Waals surface area (Å²) in [6.07, 6.45) is 10.7. The van der Waals surface area contributed by atoms with E-state index in [1.165, 1.54) is 30.8 Å². The van der Waals surface area contributed by atoms with E-state index in [-0.39, 0.29) is 5.56 Å². The molecular weight excluding hydrogens is 262 g/mol. The Morgan fingerprint density at radius 1 is 1.19 bits per heavy atom. The molecule has 1 saturated heterocycles. The van der Waals surface area contributed by atoms with E-state index in [2.05, 4.69) is 11.2 Å². The van der Waals surface area contributed by atoms with Gasteiger partial charge in [0, 0.05) is 19.9 Å². The summed E-state index contributed by atoms with van der Waals surface area (Å²) in [4.78, 5) is 18.3. The molecule has 2 heterocycles. The van der Waals surface area contributed by atoms with Crippen LogP contribution in [-0.2, 0) is 7.05 Å². The molecule has 2 aromatic rings. The second-order valence-corrected chi connectivity index (χ2v) is 5.43. The molecule has 0 unspecified atom stereocenters. The maximum absolute atomic E-state index is 12.3. The van der Waals surface area contributed by atoms with Gasteiger partial charge in [0.1, 0.15) is 5.82 Å². The Hall–Kier alpha value is -2.20. The molecule has 3 rings (SSSR count). The first-order chi connectivity index (χ1) is 10.3. The predicted molar refractivity (Wildman–Crippen MR) is 85.1 cm³/mol. The van der Waals surface area contributed by atoms with Gasteiger partial charge in [0.15, 0.2) is 0 Å². The van der Waals surface area contributed by atoms with Gasteiger partial charge in [-0.25, -0.2) is 4.98 Å². The zero-order valence-electron chi connectivity index (χ0n) is 12.2. The number of nitrogens with one attached hydrogen (secondary N) is 1. The molecule has 1 aliphatic heterocycles. The van der Waals surface area contributed by atoms with E-state index in [4.69, 9.17) is 0 Å². The van der Waals surface area contributed by atoms with Crippen LogP contribution in [0.3, 0.4) is 0 Å². The first kappa shape index (κ1) is 13.8. The third-order valence-electron chi connectivity index (χ3n) is 3.95.